The molecule has 1 unspecified atom stereocenters. The highest BCUT2D eigenvalue weighted by atomic mass is 35.5. The van der Waals surface area contributed by atoms with Crippen molar-refractivity contribution in [3.8, 4) is 5.75 Å². The largest absolute Gasteiger partial charge is 0.494 e. The molecule has 0 aliphatic carbocycles. The zero-order chi connectivity index (χ0) is 13.7. The molecular formula is C16H18ClNO. The summed E-state index contributed by atoms with van der Waals surface area (Å²) in [7, 11) is 0. The van der Waals surface area contributed by atoms with Crippen LogP contribution >= 0.6 is 11.6 Å². The van der Waals surface area contributed by atoms with E-state index in [1.54, 1.807) is 0 Å². The van der Waals surface area contributed by atoms with Gasteiger partial charge < -0.3 is 10.5 Å². The van der Waals surface area contributed by atoms with E-state index in [4.69, 9.17) is 22.1 Å². The minimum absolute atomic E-state index is 0.0830. The fraction of sp³-hybridized carbons (Fsp3) is 0.250. The molecule has 0 saturated carbocycles. The van der Waals surface area contributed by atoms with E-state index < -0.39 is 0 Å². The van der Waals surface area contributed by atoms with Gasteiger partial charge in [-0.15, -0.1) is 0 Å². The summed E-state index contributed by atoms with van der Waals surface area (Å²) >= 11 is 5.99. The Morgan fingerprint density at radius 2 is 1.95 bits per heavy atom. The van der Waals surface area contributed by atoms with Gasteiger partial charge in [-0.3, -0.25) is 0 Å². The molecule has 2 rings (SSSR count). The van der Waals surface area contributed by atoms with E-state index in [1.165, 1.54) is 0 Å². The molecule has 100 valence electrons. The van der Waals surface area contributed by atoms with Crippen LogP contribution in [0.15, 0.2) is 48.5 Å². The Bertz CT molecular complexity index is 542. The summed E-state index contributed by atoms with van der Waals surface area (Å²) in [5.41, 5.74) is 8.41. The zero-order valence-corrected chi connectivity index (χ0v) is 11.7. The third-order valence-corrected chi connectivity index (χ3v) is 3.22. The normalized spacial score (nSPS) is 12.2. The standard InChI is InChI=1S/C16H18ClNO/c1-2-19-16-9-4-3-6-13(16)11-15(18)12-7-5-8-14(17)10-12/h3-10,15H,2,11,18H2,1H3. The molecule has 0 amide bonds. The van der Waals surface area contributed by atoms with Crippen molar-refractivity contribution in [1.82, 2.24) is 0 Å². The molecule has 0 spiro atoms. The van der Waals surface area contributed by atoms with Gasteiger partial charge in [0.05, 0.1) is 6.61 Å². The van der Waals surface area contributed by atoms with E-state index in [1.807, 2.05) is 49.4 Å². The molecule has 0 aliphatic rings. The lowest BCUT2D eigenvalue weighted by Crippen LogP contribution is -2.14. The maximum atomic E-state index is 6.25. The first-order valence-electron chi connectivity index (χ1n) is 6.42. The number of hydrogen-bond acceptors (Lipinski definition) is 2. The fourth-order valence-electron chi connectivity index (χ4n) is 2.06. The number of rotatable bonds is 5. The van der Waals surface area contributed by atoms with Gasteiger partial charge in [0.15, 0.2) is 0 Å². The Kier molecular flexibility index (Phi) is 4.83. The minimum Gasteiger partial charge on any atom is -0.494 e. The highest BCUT2D eigenvalue weighted by molar-refractivity contribution is 6.30. The Morgan fingerprint density at radius 1 is 1.16 bits per heavy atom. The van der Waals surface area contributed by atoms with E-state index >= 15 is 0 Å². The van der Waals surface area contributed by atoms with Gasteiger partial charge in [-0.25, -0.2) is 0 Å². The highest BCUT2D eigenvalue weighted by Crippen LogP contribution is 2.25. The zero-order valence-electron chi connectivity index (χ0n) is 11.0. The number of ether oxygens (including phenoxy) is 1. The second-order valence-electron chi connectivity index (χ2n) is 4.41. The lowest BCUT2D eigenvalue weighted by atomic mass is 9.99. The lowest BCUT2D eigenvalue weighted by molar-refractivity contribution is 0.335. The van der Waals surface area contributed by atoms with Crippen molar-refractivity contribution in [1.29, 1.82) is 0 Å². The molecule has 2 nitrogen and oxygen atoms in total. The first-order valence-corrected chi connectivity index (χ1v) is 6.80. The third kappa shape index (κ3) is 3.72. The smallest absolute Gasteiger partial charge is 0.122 e. The van der Waals surface area contributed by atoms with Gasteiger partial charge in [0.1, 0.15) is 5.75 Å². The minimum atomic E-state index is -0.0830. The number of nitrogens with two attached hydrogens (primary N) is 1. The highest BCUT2D eigenvalue weighted by Gasteiger charge is 2.10. The van der Waals surface area contributed by atoms with E-state index in [-0.39, 0.29) is 6.04 Å². The Morgan fingerprint density at radius 3 is 2.68 bits per heavy atom. The van der Waals surface area contributed by atoms with Crippen LogP contribution in [0.4, 0.5) is 0 Å². The van der Waals surface area contributed by atoms with Crippen molar-refractivity contribution < 1.29 is 4.74 Å². The van der Waals surface area contributed by atoms with Gasteiger partial charge in [0, 0.05) is 11.1 Å². The van der Waals surface area contributed by atoms with Crippen LogP contribution in [-0.2, 0) is 6.42 Å². The van der Waals surface area contributed by atoms with Crippen LogP contribution in [0.2, 0.25) is 5.02 Å². The molecule has 0 aliphatic heterocycles. The van der Waals surface area contributed by atoms with Gasteiger partial charge in [-0.1, -0.05) is 41.9 Å². The average Bonchev–Trinajstić information content (AvgIpc) is 2.41. The molecule has 0 saturated heterocycles. The summed E-state index contributed by atoms with van der Waals surface area (Å²) in [6.07, 6.45) is 0.733. The molecule has 0 heterocycles. The second kappa shape index (κ2) is 6.60. The molecule has 1 atom stereocenters. The van der Waals surface area contributed by atoms with Crippen LogP contribution in [0, 0.1) is 0 Å². The summed E-state index contributed by atoms with van der Waals surface area (Å²) < 4.78 is 5.62. The predicted molar refractivity (Wildman–Crippen MR) is 79.7 cm³/mol. The molecule has 0 radical (unpaired) electrons. The number of halogens is 1. The molecule has 19 heavy (non-hydrogen) atoms. The van der Waals surface area contributed by atoms with Gasteiger partial charge in [0.2, 0.25) is 0 Å². The van der Waals surface area contributed by atoms with Crippen molar-refractivity contribution >= 4 is 11.6 Å². The monoisotopic (exact) mass is 275 g/mol. The van der Waals surface area contributed by atoms with E-state index in [9.17, 15) is 0 Å². The van der Waals surface area contributed by atoms with Crippen molar-refractivity contribution in [3.63, 3.8) is 0 Å². The summed E-state index contributed by atoms with van der Waals surface area (Å²) in [5.74, 6) is 0.905. The van der Waals surface area contributed by atoms with Crippen LogP contribution in [0.25, 0.3) is 0 Å². The molecular weight excluding hydrogens is 258 g/mol. The van der Waals surface area contributed by atoms with Crippen LogP contribution in [0.1, 0.15) is 24.1 Å². The lowest BCUT2D eigenvalue weighted by Gasteiger charge is -2.15. The Hall–Kier alpha value is -1.51. The molecule has 2 aromatic carbocycles. The molecule has 2 N–H and O–H groups in total. The van der Waals surface area contributed by atoms with Gasteiger partial charge >= 0.3 is 0 Å². The van der Waals surface area contributed by atoms with Gasteiger partial charge in [0.25, 0.3) is 0 Å². The van der Waals surface area contributed by atoms with Gasteiger partial charge in [-0.05, 0) is 42.7 Å². The second-order valence-corrected chi connectivity index (χ2v) is 4.84. The summed E-state index contributed by atoms with van der Waals surface area (Å²) in [4.78, 5) is 0. The van der Waals surface area contributed by atoms with Crippen molar-refractivity contribution in [3.05, 3.63) is 64.7 Å². The maximum Gasteiger partial charge on any atom is 0.122 e. The number of benzene rings is 2. The molecule has 0 bridgehead atoms. The molecule has 3 heteroatoms. The van der Waals surface area contributed by atoms with Crippen LogP contribution in [-0.4, -0.2) is 6.61 Å². The predicted octanol–water partition coefficient (Wildman–Crippen LogP) is 3.98. The summed E-state index contributed by atoms with van der Waals surface area (Å²) in [5, 5.41) is 0.714. The average molecular weight is 276 g/mol. The van der Waals surface area contributed by atoms with E-state index in [0.717, 1.165) is 23.3 Å². The third-order valence-electron chi connectivity index (χ3n) is 2.99. The first-order chi connectivity index (χ1) is 9.20. The fourth-order valence-corrected chi connectivity index (χ4v) is 2.26. The van der Waals surface area contributed by atoms with Gasteiger partial charge in [-0.2, -0.15) is 0 Å². The topological polar surface area (TPSA) is 35.2 Å². The Labute approximate surface area is 119 Å². The molecule has 0 aromatic heterocycles. The van der Waals surface area contributed by atoms with Crippen molar-refractivity contribution in [2.45, 2.75) is 19.4 Å². The SMILES string of the molecule is CCOc1ccccc1CC(N)c1cccc(Cl)c1. The molecule has 0 fully saturated rings. The maximum absolute atomic E-state index is 6.25. The van der Waals surface area contributed by atoms with Crippen molar-refractivity contribution in [2.75, 3.05) is 6.61 Å². The van der Waals surface area contributed by atoms with E-state index in [0.29, 0.717) is 11.6 Å². The summed E-state index contributed by atoms with van der Waals surface area (Å²) in [6, 6.07) is 15.6. The summed E-state index contributed by atoms with van der Waals surface area (Å²) in [6.45, 7) is 2.64. The number of para-hydroxylation sites is 1. The molecule has 2 aromatic rings. The van der Waals surface area contributed by atoms with E-state index in [2.05, 4.69) is 6.07 Å². The first kappa shape index (κ1) is 13.9. The number of hydrogen-bond donors (Lipinski definition) is 1. The van der Waals surface area contributed by atoms with Crippen LogP contribution < -0.4 is 10.5 Å². The Balaban J connectivity index is 2.16. The van der Waals surface area contributed by atoms with Crippen LogP contribution in [0.5, 0.6) is 5.75 Å². The van der Waals surface area contributed by atoms with Crippen LogP contribution in [0.3, 0.4) is 0 Å². The van der Waals surface area contributed by atoms with Crippen molar-refractivity contribution in [2.24, 2.45) is 5.73 Å². The quantitative estimate of drug-likeness (QED) is 0.896.